The molecular weight excluding hydrogens is 358 g/mol. The number of anilines is 2. The molecule has 2 aromatic rings. The molecule has 27 heavy (non-hydrogen) atoms. The number of amides is 2. The van der Waals surface area contributed by atoms with E-state index in [0.717, 1.165) is 34.1 Å². The lowest BCUT2D eigenvalue weighted by atomic mass is 10.1. The number of nitrogens with zero attached hydrogens (tertiary/aromatic N) is 2. The summed E-state index contributed by atoms with van der Waals surface area (Å²) in [6.45, 7) is 6.60. The van der Waals surface area contributed by atoms with Gasteiger partial charge in [0.25, 0.3) is 0 Å². The number of aromatic nitrogens is 1. The van der Waals surface area contributed by atoms with Gasteiger partial charge in [0.15, 0.2) is 0 Å². The van der Waals surface area contributed by atoms with E-state index in [2.05, 4.69) is 17.2 Å². The number of nitrogens with one attached hydrogen (secondary N) is 1. The average Bonchev–Trinajstić information content (AvgIpc) is 2.64. The molecule has 2 heterocycles. The molecule has 0 atom stereocenters. The van der Waals surface area contributed by atoms with Crippen molar-refractivity contribution in [3.8, 4) is 0 Å². The van der Waals surface area contributed by atoms with Crippen LogP contribution >= 0.6 is 11.8 Å². The maximum absolute atomic E-state index is 12.4. The molecular formula is C21H25N3O2S. The van der Waals surface area contributed by atoms with Gasteiger partial charge in [-0.1, -0.05) is 30.8 Å². The minimum Gasteiger partial charge on any atom is -0.326 e. The topological polar surface area (TPSA) is 62.3 Å². The normalized spacial score (nSPS) is 13.4. The van der Waals surface area contributed by atoms with E-state index in [4.69, 9.17) is 0 Å². The molecule has 0 radical (unpaired) electrons. The Morgan fingerprint density at radius 2 is 2.00 bits per heavy atom. The molecule has 6 heteroatoms. The third kappa shape index (κ3) is 4.69. The Morgan fingerprint density at radius 1 is 1.26 bits per heavy atom. The molecule has 0 saturated carbocycles. The predicted molar refractivity (Wildman–Crippen MR) is 110 cm³/mol. The van der Waals surface area contributed by atoms with Crippen molar-refractivity contribution in [1.82, 2.24) is 4.98 Å². The van der Waals surface area contributed by atoms with Crippen LogP contribution in [-0.2, 0) is 16.0 Å². The summed E-state index contributed by atoms with van der Waals surface area (Å²) in [4.78, 5) is 31.0. The first-order chi connectivity index (χ1) is 13.0. The molecule has 1 N–H and O–H groups in total. The number of carbonyl (C=O) groups excluding carboxylic acids is 2. The van der Waals surface area contributed by atoms with Gasteiger partial charge >= 0.3 is 0 Å². The monoisotopic (exact) mass is 383 g/mol. The lowest BCUT2D eigenvalue weighted by Gasteiger charge is -2.30. The standard InChI is InChI=1S/C21H25N3O2S/c1-4-16-7-9-17(10-8-16)23-18(25)6-5-11-24-19(26)13-27-21-20(24)14(2)12-15(3)22-21/h7-10,12H,4-6,11,13H2,1-3H3,(H,23,25). The first kappa shape index (κ1) is 19.4. The number of pyridine rings is 1. The smallest absolute Gasteiger partial charge is 0.237 e. The van der Waals surface area contributed by atoms with Gasteiger partial charge in [-0.05, 0) is 56.0 Å². The average molecular weight is 384 g/mol. The molecule has 1 aromatic carbocycles. The zero-order chi connectivity index (χ0) is 19.4. The van der Waals surface area contributed by atoms with Crippen molar-refractivity contribution in [2.45, 2.75) is 45.1 Å². The maximum atomic E-state index is 12.4. The summed E-state index contributed by atoms with van der Waals surface area (Å²) in [5.41, 5.74) is 4.97. The van der Waals surface area contributed by atoms with Crippen LogP contribution in [0, 0.1) is 13.8 Å². The van der Waals surface area contributed by atoms with E-state index in [-0.39, 0.29) is 11.8 Å². The van der Waals surface area contributed by atoms with Gasteiger partial charge in [0.2, 0.25) is 11.8 Å². The Morgan fingerprint density at radius 3 is 2.70 bits per heavy atom. The highest BCUT2D eigenvalue weighted by atomic mass is 32.2. The molecule has 0 aliphatic carbocycles. The Balaban J connectivity index is 1.58. The van der Waals surface area contributed by atoms with E-state index in [9.17, 15) is 9.59 Å². The van der Waals surface area contributed by atoms with Gasteiger partial charge in [0, 0.05) is 24.3 Å². The number of thioether (sulfide) groups is 1. The molecule has 0 bridgehead atoms. The zero-order valence-corrected chi connectivity index (χ0v) is 16.9. The number of fused-ring (bicyclic) bond motifs is 1. The van der Waals surface area contributed by atoms with Crippen molar-refractivity contribution in [2.75, 3.05) is 22.5 Å². The minimum atomic E-state index is -0.0305. The molecule has 1 aliphatic heterocycles. The van der Waals surface area contributed by atoms with Crippen LogP contribution in [0.15, 0.2) is 35.4 Å². The van der Waals surface area contributed by atoms with Crippen LogP contribution < -0.4 is 10.2 Å². The van der Waals surface area contributed by atoms with Crippen LogP contribution in [0.4, 0.5) is 11.4 Å². The SMILES string of the molecule is CCc1ccc(NC(=O)CCCN2C(=O)CSc3nc(C)cc(C)c32)cc1. The first-order valence-electron chi connectivity index (χ1n) is 9.28. The fourth-order valence-corrected chi connectivity index (χ4v) is 4.27. The van der Waals surface area contributed by atoms with Gasteiger partial charge in [-0.25, -0.2) is 4.98 Å². The molecule has 3 rings (SSSR count). The Kier molecular flexibility index (Phi) is 6.16. The van der Waals surface area contributed by atoms with Gasteiger partial charge in [-0.15, -0.1) is 0 Å². The van der Waals surface area contributed by atoms with Crippen LogP contribution in [0.3, 0.4) is 0 Å². The van der Waals surface area contributed by atoms with Gasteiger partial charge in [-0.2, -0.15) is 0 Å². The van der Waals surface area contributed by atoms with Gasteiger partial charge < -0.3 is 10.2 Å². The highest BCUT2D eigenvalue weighted by Crippen LogP contribution is 2.36. The third-order valence-electron chi connectivity index (χ3n) is 4.61. The van der Waals surface area contributed by atoms with Crippen molar-refractivity contribution in [3.63, 3.8) is 0 Å². The lowest BCUT2D eigenvalue weighted by molar-refractivity contribution is -0.117. The fraction of sp³-hybridized carbons (Fsp3) is 0.381. The number of rotatable bonds is 6. The van der Waals surface area contributed by atoms with Crippen molar-refractivity contribution in [1.29, 1.82) is 0 Å². The third-order valence-corrected chi connectivity index (χ3v) is 5.56. The summed E-state index contributed by atoms with van der Waals surface area (Å²) in [7, 11) is 0. The molecule has 1 aliphatic rings. The molecule has 0 unspecified atom stereocenters. The van der Waals surface area contributed by atoms with Crippen LogP contribution in [0.1, 0.15) is 36.6 Å². The second kappa shape index (κ2) is 8.57. The Hall–Kier alpha value is -2.34. The van der Waals surface area contributed by atoms with Crippen LogP contribution in [-0.4, -0.2) is 29.1 Å². The molecule has 2 amide bonds. The number of aryl methyl sites for hydroxylation is 3. The largest absolute Gasteiger partial charge is 0.326 e. The molecule has 0 saturated heterocycles. The van der Waals surface area contributed by atoms with Crippen molar-refractivity contribution in [3.05, 3.63) is 47.2 Å². The van der Waals surface area contributed by atoms with Crippen LogP contribution in [0.2, 0.25) is 0 Å². The summed E-state index contributed by atoms with van der Waals surface area (Å²) in [6, 6.07) is 9.89. The van der Waals surface area contributed by atoms with E-state index >= 15 is 0 Å². The molecule has 0 fully saturated rings. The second-order valence-corrected chi connectivity index (χ2v) is 7.73. The van der Waals surface area contributed by atoms with Crippen molar-refractivity contribution < 1.29 is 9.59 Å². The van der Waals surface area contributed by atoms with Gasteiger partial charge in [0.05, 0.1) is 11.4 Å². The highest BCUT2D eigenvalue weighted by Gasteiger charge is 2.27. The lowest BCUT2D eigenvalue weighted by Crippen LogP contribution is -2.37. The quantitative estimate of drug-likeness (QED) is 0.815. The van der Waals surface area contributed by atoms with E-state index in [1.807, 2.05) is 44.2 Å². The predicted octanol–water partition coefficient (Wildman–Crippen LogP) is 4.12. The van der Waals surface area contributed by atoms with Gasteiger partial charge in [0.1, 0.15) is 5.03 Å². The van der Waals surface area contributed by atoms with E-state index < -0.39 is 0 Å². The number of carbonyl (C=O) groups is 2. The van der Waals surface area contributed by atoms with E-state index in [1.54, 1.807) is 4.90 Å². The van der Waals surface area contributed by atoms with E-state index in [1.165, 1.54) is 17.3 Å². The Bertz CT molecular complexity index is 849. The molecule has 1 aromatic heterocycles. The number of hydrogen-bond acceptors (Lipinski definition) is 4. The minimum absolute atomic E-state index is 0.0305. The highest BCUT2D eigenvalue weighted by molar-refractivity contribution is 8.00. The van der Waals surface area contributed by atoms with Crippen molar-refractivity contribution in [2.24, 2.45) is 0 Å². The maximum Gasteiger partial charge on any atom is 0.237 e. The zero-order valence-electron chi connectivity index (χ0n) is 16.0. The van der Waals surface area contributed by atoms with Crippen molar-refractivity contribution >= 4 is 35.0 Å². The summed E-state index contributed by atoms with van der Waals surface area (Å²) >= 11 is 1.49. The van der Waals surface area contributed by atoms with E-state index in [0.29, 0.717) is 25.1 Å². The fourth-order valence-electron chi connectivity index (χ4n) is 3.24. The van der Waals surface area contributed by atoms with Crippen LogP contribution in [0.25, 0.3) is 0 Å². The number of hydrogen-bond donors (Lipinski definition) is 1. The first-order valence-corrected chi connectivity index (χ1v) is 10.3. The Labute approximate surface area is 164 Å². The summed E-state index contributed by atoms with van der Waals surface area (Å²) < 4.78 is 0. The molecule has 5 nitrogen and oxygen atoms in total. The molecule has 0 spiro atoms. The second-order valence-electron chi connectivity index (χ2n) is 6.77. The summed E-state index contributed by atoms with van der Waals surface area (Å²) in [5, 5.41) is 3.83. The van der Waals surface area contributed by atoms with Crippen LogP contribution in [0.5, 0.6) is 0 Å². The summed E-state index contributed by atoms with van der Waals surface area (Å²) in [5.74, 6) is 0.452. The number of benzene rings is 1. The molecule has 142 valence electrons. The summed E-state index contributed by atoms with van der Waals surface area (Å²) in [6.07, 6.45) is 1.97. The van der Waals surface area contributed by atoms with Gasteiger partial charge in [-0.3, -0.25) is 9.59 Å².